The lowest BCUT2D eigenvalue weighted by Gasteiger charge is -2.29. The molecule has 2 fully saturated rings. The van der Waals surface area contributed by atoms with E-state index in [2.05, 4.69) is 0 Å². The molecular weight excluding hydrogens is 360 g/mol. The Hall–Kier alpha value is -2.57. The number of hydrogen-bond donors (Lipinski definition) is 1. The van der Waals surface area contributed by atoms with Crippen LogP contribution in [0, 0.1) is 0 Å². The molecule has 28 heavy (non-hydrogen) atoms. The number of aliphatic carboxylic acids is 1. The second-order valence-corrected chi connectivity index (χ2v) is 7.61. The summed E-state index contributed by atoms with van der Waals surface area (Å²) in [6.07, 6.45) is 5.72. The van der Waals surface area contributed by atoms with E-state index in [4.69, 9.17) is 9.84 Å². The van der Waals surface area contributed by atoms with Crippen LogP contribution in [0.25, 0.3) is 0 Å². The van der Waals surface area contributed by atoms with Gasteiger partial charge in [0.15, 0.2) is 0 Å². The van der Waals surface area contributed by atoms with E-state index in [0.29, 0.717) is 37.6 Å². The Morgan fingerprint density at radius 3 is 2.36 bits per heavy atom. The summed E-state index contributed by atoms with van der Waals surface area (Å²) in [5.41, 5.74) is 0.619. The van der Waals surface area contributed by atoms with Gasteiger partial charge in [0.05, 0.1) is 6.10 Å². The van der Waals surface area contributed by atoms with Crippen molar-refractivity contribution in [3.8, 4) is 5.75 Å². The fraction of sp³-hybridized carbons (Fsp3) is 0.571. The minimum atomic E-state index is -1.02. The van der Waals surface area contributed by atoms with Crippen LogP contribution in [-0.4, -0.2) is 64.5 Å². The number of hydrogen-bond acceptors (Lipinski definition) is 4. The second kappa shape index (κ2) is 9.08. The normalized spacial score (nSPS) is 20.0. The molecule has 1 aliphatic carbocycles. The summed E-state index contributed by atoms with van der Waals surface area (Å²) in [6, 6.07) is 7.13. The molecule has 1 saturated carbocycles. The maximum Gasteiger partial charge on any atom is 0.323 e. The van der Waals surface area contributed by atoms with Crippen molar-refractivity contribution in [2.24, 2.45) is 0 Å². The molecule has 1 unspecified atom stereocenters. The number of carboxylic acid groups (broad SMARTS) is 1. The molecule has 0 spiro atoms. The first kappa shape index (κ1) is 20.2. The average Bonchev–Trinajstić information content (AvgIpc) is 2.88. The third-order valence-electron chi connectivity index (χ3n) is 5.59. The van der Waals surface area contributed by atoms with E-state index in [1.165, 1.54) is 18.2 Å². The van der Waals surface area contributed by atoms with E-state index in [1.807, 2.05) is 12.1 Å². The number of likely N-dealkylation sites (tertiary alicyclic amines) is 1. The van der Waals surface area contributed by atoms with Gasteiger partial charge in [-0.25, -0.2) is 0 Å². The Kier molecular flexibility index (Phi) is 6.54. The molecular formula is C21H28N2O5. The lowest BCUT2D eigenvalue weighted by molar-refractivity contribution is -0.145. The van der Waals surface area contributed by atoms with Crippen molar-refractivity contribution in [1.82, 2.24) is 9.80 Å². The predicted molar refractivity (Wildman–Crippen MR) is 103 cm³/mol. The van der Waals surface area contributed by atoms with Gasteiger partial charge in [-0.3, -0.25) is 14.4 Å². The number of rotatable bonds is 6. The molecule has 1 atom stereocenters. The number of benzene rings is 1. The summed E-state index contributed by atoms with van der Waals surface area (Å²) >= 11 is 0. The van der Waals surface area contributed by atoms with Gasteiger partial charge in [-0.05, 0) is 62.8 Å². The fourth-order valence-electron chi connectivity index (χ4n) is 3.78. The van der Waals surface area contributed by atoms with Gasteiger partial charge >= 0.3 is 5.97 Å². The Balaban J connectivity index is 1.58. The van der Waals surface area contributed by atoms with Crippen LogP contribution in [0.5, 0.6) is 5.75 Å². The van der Waals surface area contributed by atoms with Gasteiger partial charge in [0.2, 0.25) is 5.91 Å². The fourth-order valence-corrected chi connectivity index (χ4v) is 3.78. The smallest absolute Gasteiger partial charge is 0.323 e. The summed E-state index contributed by atoms with van der Waals surface area (Å²) in [6.45, 7) is 2.21. The minimum Gasteiger partial charge on any atom is -0.490 e. The molecule has 7 nitrogen and oxygen atoms in total. The molecule has 1 aromatic carbocycles. The van der Waals surface area contributed by atoms with Crippen LogP contribution < -0.4 is 4.74 Å². The monoisotopic (exact) mass is 388 g/mol. The zero-order chi connectivity index (χ0) is 20.1. The van der Waals surface area contributed by atoms with Crippen LogP contribution in [0.15, 0.2) is 24.3 Å². The first-order chi connectivity index (χ1) is 13.4. The number of carbonyl (C=O) groups excluding carboxylic acids is 2. The maximum atomic E-state index is 12.9. The van der Waals surface area contributed by atoms with Crippen LogP contribution in [-0.2, 0) is 9.59 Å². The zero-order valence-electron chi connectivity index (χ0n) is 16.3. The van der Waals surface area contributed by atoms with E-state index >= 15 is 0 Å². The van der Waals surface area contributed by atoms with Crippen LogP contribution in [0.1, 0.15) is 55.8 Å². The van der Waals surface area contributed by atoms with Gasteiger partial charge in [0.25, 0.3) is 5.91 Å². The van der Waals surface area contributed by atoms with Crippen molar-refractivity contribution in [3.63, 3.8) is 0 Å². The van der Waals surface area contributed by atoms with E-state index in [9.17, 15) is 14.4 Å². The molecule has 7 heteroatoms. The van der Waals surface area contributed by atoms with Crippen LogP contribution >= 0.6 is 0 Å². The first-order valence-electron chi connectivity index (χ1n) is 9.99. The summed E-state index contributed by atoms with van der Waals surface area (Å²) in [5.74, 6) is -0.503. The molecule has 2 amide bonds. The largest absolute Gasteiger partial charge is 0.490 e. The van der Waals surface area contributed by atoms with Crippen LogP contribution in [0.3, 0.4) is 0 Å². The Bertz CT molecular complexity index is 714. The Morgan fingerprint density at radius 2 is 1.79 bits per heavy atom. The number of carboxylic acids is 1. The highest BCUT2D eigenvalue weighted by Gasteiger charge is 2.28. The molecule has 1 saturated heterocycles. The van der Waals surface area contributed by atoms with Crippen LogP contribution in [0.2, 0.25) is 0 Å². The number of nitrogens with zero attached hydrogens (tertiary/aromatic N) is 2. The van der Waals surface area contributed by atoms with Crippen molar-refractivity contribution in [3.05, 3.63) is 29.8 Å². The number of ether oxygens (including phenoxy) is 1. The zero-order valence-corrected chi connectivity index (χ0v) is 16.3. The van der Waals surface area contributed by atoms with Crippen molar-refractivity contribution in [1.29, 1.82) is 0 Å². The SMILES string of the molecule is CC(=O)N(CC(=O)O)C1CCCN(C(=O)c2ccc(OC3CCC3)cc2)CC1. The quantitative estimate of drug-likeness (QED) is 0.809. The lowest BCUT2D eigenvalue weighted by atomic mass is 9.96. The summed E-state index contributed by atoms with van der Waals surface area (Å²) in [5, 5.41) is 9.05. The molecule has 1 heterocycles. The molecule has 3 rings (SSSR count). The van der Waals surface area contributed by atoms with Crippen molar-refractivity contribution in [2.75, 3.05) is 19.6 Å². The predicted octanol–water partition coefficient (Wildman–Crippen LogP) is 2.55. The molecule has 1 N–H and O–H groups in total. The highest BCUT2D eigenvalue weighted by molar-refractivity contribution is 5.94. The van der Waals surface area contributed by atoms with Crippen molar-refractivity contribution in [2.45, 2.75) is 57.6 Å². The average molecular weight is 388 g/mol. The summed E-state index contributed by atoms with van der Waals surface area (Å²) in [4.78, 5) is 38.9. The molecule has 2 aliphatic rings. The van der Waals surface area contributed by atoms with Crippen molar-refractivity contribution < 1.29 is 24.2 Å². The highest BCUT2D eigenvalue weighted by Crippen LogP contribution is 2.26. The van der Waals surface area contributed by atoms with Gasteiger partial charge in [0, 0.05) is 31.6 Å². The van der Waals surface area contributed by atoms with Gasteiger partial charge in [-0.1, -0.05) is 0 Å². The van der Waals surface area contributed by atoms with Gasteiger partial charge in [0.1, 0.15) is 12.3 Å². The van der Waals surface area contributed by atoms with E-state index < -0.39 is 5.97 Å². The molecule has 1 aromatic rings. The third kappa shape index (κ3) is 5.03. The van der Waals surface area contributed by atoms with Gasteiger partial charge < -0.3 is 19.6 Å². The van der Waals surface area contributed by atoms with E-state index in [0.717, 1.165) is 25.0 Å². The maximum absolute atomic E-state index is 12.9. The van der Waals surface area contributed by atoms with Crippen molar-refractivity contribution >= 4 is 17.8 Å². The third-order valence-corrected chi connectivity index (χ3v) is 5.59. The molecule has 0 bridgehead atoms. The van der Waals surface area contributed by atoms with Gasteiger partial charge in [-0.15, -0.1) is 0 Å². The lowest BCUT2D eigenvalue weighted by Crippen LogP contribution is -2.43. The van der Waals surface area contributed by atoms with Gasteiger partial charge in [-0.2, -0.15) is 0 Å². The van der Waals surface area contributed by atoms with Crippen LogP contribution in [0.4, 0.5) is 0 Å². The molecule has 0 radical (unpaired) electrons. The molecule has 152 valence electrons. The molecule has 1 aliphatic heterocycles. The minimum absolute atomic E-state index is 0.0385. The summed E-state index contributed by atoms with van der Waals surface area (Å²) < 4.78 is 5.83. The number of amides is 2. The Labute approximate surface area is 165 Å². The topological polar surface area (TPSA) is 87.2 Å². The Morgan fingerprint density at radius 1 is 1.07 bits per heavy atom. The standard InChI is InChI=1S/C21H28N2O5/c1-15(24)23(14-20(25)26)17-4-3-12-22(13-11-17)21(27)16-7-9-19(10-8-16)28-18-5-2-6-18/h7-10,17-18H,2-6,11-14H2,1H3,(H,25,26). The first-order valence-corrected chi connectivity index (χ1v) is 9.99. The number of carbonyl (C=O) groups is 3. The van der Waals surface area contributed by atoms with E-state index in [1.54, 1.807) is 17.0 Å². The molecule has 0 aromatic heterocycles. The summed E-state index contributed by atoms with van der Waals surface area (Å²) in [7, 11) is 0. The van der Waals surface area contributed by atoms with E-state index in [-0.39, 0.29) is 24.4 Å². The highest BCUT2D eigenvalue weighted by atomic mass is 16.5. The second-order valence-electron chi connectivity index (χ2n) is 7.61.